The molecule has 0 bridgehead atoms. The lowest BCUT2D eigenvalue weighted by molar-refractivity contribution is -0.123. The average Bonchev–Trinajstić information content (AvgIpc) is 3.03. The Morgan fingerprint density at radius 2 is 2.15 bits per heavy atom. The van der Waals surface area contributed by atoms with Crippen LogP contribution in [0.3, 0.4) is 0 Å². The summed E-state index contributed by atoms with van der Waals surface area (Å²) in [5.41, 5.74) is 2.10. The van der Waals surface area contributed by atoms with E-state index in [0.717, 1.165) is 35.0 Å². The van der Waals surface area contributed by atoms with Gasteiger partial charge in [0.15, 0.2) is 6.61 Å². The van der Waals surface area contributed by atoms with Gasteiger partial charge in [-0.1, -0.05) is 19.1 Å². The number of aromatic nitrogens is 2. The van der Waals surface area contributed by atoms with E-state index in [1.165, 1.54) is 28.9 Å². The average molecular weight is 385 g/mol. The van der Waals surface area contributed by atoms with Crippen LogP contribution in [0.5, 0.6) is 5.88 Å². The number of rotatable bonds is 5. The van der Waals surface area contributed by atoms with Crippen molar-refractivity contribution in [3.63, 3.8) is 0 Å². The number of nitrogens with zero attached hydrogens (tertiary/aromatic N) is 2. The van der Waals surface area contributed by atoms with E-state index >= 15 is 0 Å². The lowest BCUT2D eigenvalue weighted by Gasteiger charge is -2.18. The van der Waals surface area contributed by atoms with E-state index in [1.54, 1.807) is 23.5 Å². The van der Waals surface area contributed by atoms with E-state index in [0.29, 0.717) is 18.3 Å². The summed E-state index contributed by atoms with van der Waals surface area (Å²) >= 11 is 1.70. The normalized spacial score (nSPS) is 16.1. The number of fused-ring (bicyclic) bond motifs is 3. The molecule has 2 heterocycles. The van der Waals surface area contributed by atoms with Gasteiger partial charge in [-0.25, -0.2) is 14.4 Å². The highest BCUT2D eigenvalue weighted by molar-refractivity contribution is 7.18. The van der Waals surface area contributed by atoms with Crippen molar-refractivity contribution in [3.8, 4) is 5.88 Å². The van der Waals surface area contributed by atoms with Crippen LogP contribution in [-0.4, -0.2) is 22.5 Å². The molecule has 4 rings (SSSR count). The molecule has 0 saturated heterocycles. The van der Waals surface area contributed by atoms with Crippen molar-refractivity contribution in [2.24, 2.45) is 5.92 Å². The Kier molecular flexibility index (Phi) is 5.03. The van der Waals surface area contributed by atoms with Crippen molar-refractivity contribution < 1.29 is 13.9 Å². The van der Waals surface area contributed by atoms with Crippen LogP contribution in [0, 0.1) is 11.7 Å². The van der Waals surface area contributed by atoms with Crippen LogP contribution in [0.25, 0.3) is 10.2 Å². The van der Waals surface area contributed by atoms with Crippen molar-refractivity contribution >= 4 is 27.5 Å². The number of hydrogen-bond acceptors (Lipinski definition) is 5. The van der Waals surface area contributed by atoms with Crippen molar-refractivity contribution in [1.82, 2.24) is 15.3 Å². The predicted molar refractivity (Wildman–Crippen MR) is 102 cm³/mol. The fourth-order valence-corrected chi connectivity index (χ4v) is 4.68. The second-order valence-corrected chi connectivity index (χ2v) is 7.99. The quantitative estimate of drug-likeness (QED) is 0.728. The van der Waals surface area contributed by atoms with Crippen LogP contribution in [0.2, 0.25) is 0 Å². The van der Waals surface area contributed by atoms with Crippen molar-refractivity contribution in [2.75, 3.05) is 6.61 Å². The Bertz CT molecular complexity index is 971. The number of aryl methyl sites for hydroxylation is 1. The van der Waals surface area contributed by atoms with E-state index in [2.05, 4.69) is 22.2 Å². The first-order valence-electron chi connectivity index (χ1n) is 8.99. The Balaban J connectivity index is 1.43. The lowest BCUT2D eigenvalue weighted by Crippen LogP contribution is -2.28. The SMILES string of the molecule is CC1CCc2c(sc3ncnc(OCC(=O)NCc4ccc(F)cc4)c23)C1. The molecule has 1 unspecified atom stereocenters. The minimum Gasteiger partial charge on any atom is -0.467 e. The van der Waals surface area contributed by atoms with E-state index in [4.69, 9.17) is 4.74 Å². The first-order valence-corrected chi connectivity index (χ1v) is 9.81. The van der Waals surface area contributed by atoms with Gasteiger partial charge in [-0.3, -0.25) is 4.79 Å². The van der Waals surface area contributed by atoms with E-state index < -0.39 is 0 Å². The highest BCUT2D eigenvalue weighted by Gasteiger charge is 2.23. The van der Waals surface area contributed by atoms with E-state index in [-0.39, 0.29) is 18.3 Å². The lowest BCUT2D eigenvalue weighted by atomic mass is 9.89. The van der Waals surface area contributed by atoms with Gasteiger partial charge >= 0.3 is 0 Å². The maximum Gasteiger partial charge on any atom is 0.258 e. The largest absolute Gasteiger partial charge is 0.467 e. The molecule has 0 spiro atoms. The first kappa shape index (κ1) is 17.9. The molecule has 1 aliphatic rings. The van der Waals surface area contributed by atoms with Crippen LogP contribution in [0.1, 0.15) is 29.3 Å². The molecule has 0 aliphatic heterocycles. The summed E-state index contributed by atoms with van der Waals surface area (Å²) in [5.74, 6) is 0.614. The summed E-state index contributed by atoms with van der Waals surface area (Å²) in [7, 11) is 0. The topological polar surface area (TPSA) is 64.1 Å². The summed E-state index contributed by atoms with van der Waals surface area (Å²) in [6.07, 6.45) is 4.69. The molecule has 0 saturated carbocycles. The Morgan fingerprint density at radius 1 is 1.33 bits per heavy atom. The van der Waals surface area contributed by atoms with Crippen LogP contribution >= 0.6 is 11.3 Å². The van der Waals surface area contributed by atoms with Crippen molar-refractivity contribution in [2.45, 2.75) is 32.7 Å². The predicted octanol–water partition coefficient (Wildman–Crippen LogP) is 3.65. The molecule has 2 aromatic heterocycles. The van der Waals surface area contributed by atoms with Crippen LogP contribution in [0.4, 0.5) is 4.39 Å². The van der Waals surface area contributed by atoms with Gasteiger partial charge in [0, 0.05) is 11.4 Å². The molecule has 0 radical (unpaired) electrons. The molecular weight excluding hydrogens is 365 g/mol. The fourth-order valence-electron chi connectivity index (χ4n) is 3.34. The molecule has 1 amide bonds. The highest BCUT2D eigenvalue weighted by atomic mass is 32.1. The number of ether oxygens (including phenoxy) is 1. The molecule has 7 heteroatoms. The van der Waals surface area contributed by atoms with Gasteiger partial charge in [-0.15, -0.1) is 11.3 Å². The van der Waals surface area contributed by atoms with Crippen LogP contribution in [0.15, 0.2) is 30.6 Å². The van der Waals surface area contributed by atoms with Crippen molar-refractivity contribution in [1.29, 1.82) is 0 Å². The summed E-state index contributed by atoms with van der Waals surface area (Å²) in [5, 5.41) is 3.73. The van der Waals surface area contributed by atoms with Gasteiger partial charge in [0.1, 0.15) is 17.0 Å². The summed E-state index contributed by atoms with van der Waals surface area (Å²) < 4.78 is 18.6. The zero-order valence-corrected chi connectivity index (χ0v) is 15.8. The number of thiophene rings is 1. The van der Waals surface area contributed by atoms with Gasteiger partial charge < -0.3 is 10.1 Å². The summed E-state index contributed by atoms with van der Waals surface area (Å²) in [6.45, 7) is 2.48. The number of halogens is 1. The molecule has 5 nitrogen and oxygen atoms in total. The first-order chi connectivity index (χ1) is 13.1. The van der Waals surface area contributed by atoms with Gasteiger partial charge in [0.2, 0.25) is 5.88 Å². The Labute approximate surface area is 160 Å². The van der Waals surface area contributed by atoms with E-state index in [9.17, 15) is 9.18 Å². The maximum absolute atomic E-state index is 12.9. The number of amides is 1. The summed E-state index contributed by atoms with van der Waals surface area (Å²) in [4.78, 5) is 23.0. The second-order valence-electron chi connectivity index (χ2n) is 6.90. The van der Waals surface area contributed by atoms with Gasteiger partial charge in [0.25, 0.3) is 5.91 Å². The third-order valence-electron chi connectivity index (χ3n) is 4.80. The number of carbonyl (C=O) groups excluding carboxylic acids is 1. The standard InChI is InChI=1S/C20H20FN3O2S/c1-12-2-7-15-16(8-12)27-20-18(15)19(23-11-24-20)26-10-17(25)22-9-13-3-5-14(21)6-4-13/h3-6,11-12H,2,7-10H2,1H3,(H,22,25). The second kappa shape index (κ2) is 7.60. The van der Waals surface area contributed by atoms with Crippen molar-refractivity contribution in [3.05, 3.63) is 52.4 Å². The molecule has 140 valence electrons. The van der Waals surface area contributed by atoms with Crippen LogP contribution in [-0.2, 0) is 24.2 Å². The van der Waals surface area contributed by atoms with Gasteiger partial charge in [0.05, 0.1) is 5.39 Å². The zero-order chi connectivity index (χ0) is 18.8. The molecule has 0 fully saturated rings. The highest BCUT2D eigenvalue weighted by Crippen LogP contribution is 2.40. The number of nitrogens with one attached hydrogen (secondary N) is 1. The smallest absolute Gasteiger partial charge is 0.258 e. The number of hydrogen-bond donors (Lipinski definition) is 1. The third kappa shape index (κ3) is 3.93. The molecule has 27 heavy (non-hydrogen) atoms. The van der Waals surface area contributed by atoms with Crippen LogP contribution < -0.4 is 10.1 Å². The Morgan fingerprint density at radius 3 is 2.96 bits per heavy atom. The minimum absolute atomic E-state index is 0.117. The molecule has 1 atom stereocenters. The maximum atomic E-state index is 12.9. The third-order valence-corrected chi connectivity index (χ3v) is 5.96. The molecule has 1 aromatic carbocycles. The Hall–Kier alpha value is -2.54. The van der Waals surface area contributed by atoms with Gasteiger partial charge in [-0.05, 0) is 48.4 Å². The monoisotopic (exact) mass is 385 g/mol. The van der Waals surface area contributed by atoms with E-state index in [1.807, 2.05) is 0 Å². The summed E-state index contributed by atoms with van der Waals surface area (Å²) in [6, 6.07) is 6.03. The fraction of sp³-hybridized carbons (Fsp3) is 0.350. The zero-order valence-electron chi connectivity index (χ0n) is 15.0. The molecule has 1 aliphatic carbocycles. The van der Waals surface area contributed by atoms with Gasteiger partial charge in [-0.2, -0.15) is 0 Å². The number of benzene rings is 1. The molecule has 3 aromatic rings. The minimum atomic E-state index is -0.297. The number of carbonyl (C=O) groups is 1. The molecular formula is C20H20FN3O2S. The molecule has 1 N–H and O–H groups in total.